The molecule has 0 aromatic carbocycles. The number of halogens is 3. The normalized spacial score (nSPS) is 14.1. The minimum Gasteiger partial charge on any atom is -0.468 e. The molecule has 1 atom stereocenters. The topological polar surface area (TPSA) is 69.7 Å². The summed E-state index contributed by atoms with van der Waals surface area (Å²) in [7, 11) is 0.965. The summed E-state index contributed by atoms with van der Waals surface area (Å²) >= 11 is -2.78. The summed E-state index contributed by atoms with van der Waals surface area (Å²) in [6.45, 7) is 2.05. The summed E-state index contributed by atoms with van der Waals surface area (Å²) < 4.78 is 52.4. The zero-order valence-corrected chi connectivity index (χ0v) is 9.40. The fraction of sp³-hybridized carbons (Fsp3) is 0.714. The van der Waals surface area contributed by atoms with Crippen molar-refractivity contribution in [3.63, 3.8) is 0 Å². The van der Waals surface area contributed by atoms with Gasteiger partial charge in [0, 0.05) is 0 Å². The molecular weight excluding hydrogens is 253 g/mol. The summed E-state index contributed by atoms with van der Waals surface area (Å²) in [5, 5.41) is 0. The zero-order chi connectivity index (χ0) is 13.1. The molecule has 1 unspecified atom stereocenters. The Balaban J connectivity index is 4.72. The van der Waals surface area contributed by atoms with Crippen molar-refractivity contribution in [3.05, 3.63) is 0 Å². The number of alkyl halides is 3. The van der Waals surface area contributed by atoms with E-state index in [9.17, 15) is 27.0 Å². The highest BCUT2D eigenvalue weighted by molar-refractivity contribution is 7.83. The smallest absolute Gasteiger partial charge is 0.468 e. The molecule has 0 aromatic heterocycles. The van der Waals surface area contributed by atoms with E-state index in [-0.39, 0.29) is 0 Å². The molecule has 0 saturated heterocycles. The molecule has 0 aliphatic carbocycles. The van der Waals surface area contributed by atoms with Crippen LogP contribution in [0.3, 0.4) is 0 Å². The van der Waals surface area contributed by atoms with Crippen LogP contribution >= 0.6 is 0 Å². The zero-order valence-electron chi connectivity index (χ0n) is 8.58. The lowest BCUT2D eigenvalue weighted by Gasteiger charge is -2.19. The lowest BCUT2D eigenvalue weighted by molar-refractivity contribution is -0.188. The molecule has 0 bridgehead atoms. The molecular formula is C7H9F3O5S. The standard InChI is InChI=1S/C7H9F3O5S/c1-6(2,4(11)14-3)16(13)15-5(12)7(8,9)10/h1-3H3. The molecule has 9 heteroatoms. The van der Waals surface area contributed by atoms with E-state index in [1.54, 1.807) is 0 Å². The molecule has 0 amide bonds. The van der Waals surface area contributed by atoms with Crippen molar-refractivity contribution < 1.29 is 35.9 Å². The van der Waals surface area contributed by atoms with E-state index in [4.69, 9.17) is 0 Å². The third kappa shape index (κ3) is 3.47. The Morgan fingerprint density at radius 3 is 1.88 bits per heavy atom. The second kappa shape index (κ2) is 4.81. The maximum atomic E-state index is 11.8. The molecule has 0 aliphatic rings. The summed E-state index contributed by atoms with van der Waals surface area (Å²) in [5.41, 5.74) is 0. The lowest BCUT2D eigenvalue weighted by atomic mass is 10.2. The SMILES string of the molecule is COC(=O)C(C)(C)S(=O)OC(=O)C(F)(F)F. The molecule has 0 saturated carbocycles. The molecule has 0 N–H and O–H groups in total. The predicted molar refractivity (Wildman–Crippen MR) is 46.4 cm³/mol. The Labute approximate surface area is 91.6 Å². The van der Waals surface area contributed by atoms with Crippen molar-refractivity contribution in [2.24, 2.45) is 0 Å². The van der Waals surface area contributed by atoms with Gasteiger partial charge in [-0.15, -0.1) is 0 Å². The van der Waals surface area contributed by atoms with Crippen LogP contribution in [0.2, 0.25) is 0 Å². The Hall–Kier alpha value is -1.12. The first-order chi connectivity index (χ1) is 7.03. The van der Waals surface area contributed by atoms with Crippen LogP contribution < -0.4 is 0 Å². The van der Waals surface area contributed by atoms with Gasteiger partial charge in [-0.25, -0.2) is 9.00 Å². The van der Waals surface area contributed by atoms with Gasteiger partial charge < -0.3 is 8.92 Å². The predicted octanol–water partition coefficient (Wildman–Crippen LogP) is 0.707. The van der Waals surface area contributed by atoms with Gasteiger partial charge in [-0.1, -0.05) is 0 Å². The van der Waals surface area contributed by atoms with Crippen LogP contribution in [0.4, 0.5) is 13.2 Å². The molecule has 94 valence electrons. The Bertz CT molecular complexity index is 322. The molecule has 0 radical (unpaired) electrons. The number of ether oxygens (including phenoxy) is 1. The van der Waals surface area contributed by atoms with Crippen LogP contribution in [0.15, 0.2) is 0 Å². The molecule has 0 aliphatic heterocycles. The van der Waals surface area contributed by atoms with Crippen molar-refractivity contribution in [2.75, 3.05) is 7.11 Å². The van der Waals surface area contributed by atoms with E-state index in [0.717, 1.165) is 21.0 Å². The van der Waals surface area contributed by atoms with Crippen LogP contribution in [0.1, 0.15) is 13.8 Å². The van der Waals surface area contributed by atoms with Crippen LogP contribution in [-0.2, 0) is 29.6 Å². The van der Waals surface area contributed by atoms with E-state index >= 15 is 0 Å². The highest BCUT2D eigenvalue weighted by Crippen LogP contribution is 2.22. The van der Waals surface area contributed by atoms with E-state index in [2.05, 4.69) is 8.92 Å². The van der Waals surface area contributed by atoms with Gasteiger partial charge in [0.1, 0.15) is 0 Å². The van der Waals surface area contributed by atoms with Crippen molar-refractivity contribution in [2.45, 2.75) is 24.8 Å². The van der Waals surface area contributed by atoms with Crippen molar-refractivity contribution in [3.8, 4) is 0 Å². The number of esters is 1. The molecule has 0 spiro atoms. The van der Waals surface area contributed by atoms with Gasteiger partial charge in [0.25, 0.3) is 0 Å². The number of methoxy groups -OCH3 is 1. The maximum Gasteiger partial charge on any atom is 0.492 e. The monoisotopic (exact) mass is 262 g/mol. The molecule has 5 nitrogen and oxygen atoms in total. The number of rotatable bonds is 3. The second-order valence-corrected chi connectivity index (χ2v) is 4.76. The number of hydrogen-bond donors (Lipinski definition) is 0. The van der Waals surface area contributed by atoms with Crippen molar-refractivity contribution in [1.29, 1.82) is 0 Å². The van der Waals surface area contributed by atoms with Gasteiger partial charge in [-0.2, -0.15) is 13.2 Å². The highest BCUT2D eigenvalue weighted by atomic mass is 32.2. The summed E-state index contributed by atoms with van der Waals surface area (Å²) in [6.07, 6.45) is -5.26. The molecule has 0 heterocycles. The Kier molecular flexibility index (Phi) is 4.47. The molecule has 16 heavy (non-hydrogen) atoms. The van der Waals surface area contributed by atoms with Gasteiger partial charge >= 0.3 is 18.1 Å². The van der Waals surface area contributed by atoms with Crippen molar-refractivity contribution >= 4 is 23.0 Å². The molecule has 0 aromatic rings. The average molecular weight is 262 g/mol. The van der Waals surface area contributed by atoms with Crippen molar-refractivity contribution in [1.82, 2.24) is 0 Å². The van der Waals surface area contributed by atoms with Crippen LogP contribution in [0.5, 0.6) is 0 Å². The number of carbonyl (C=O) groups excluding carboxylic acids is 2. The third-order valence-electron chi connectivity index (χ3n) is 1.48. The first-order valence-electron chi connectivity index (χ1n) is 3.83. The molecule has 0 rings (SSSR count). The van der Waals surface area contributed by atoms with E-state index in [1.807, 2.05) is 0 Å². The summed E-state index contributed by atoms with van der Waals surface area (Å²) in [5.74, 6) is -3.68. The Morgan fingerprint density at radius 2 is 1.56 bits per heavy atom. The summed E-state index contributed by atoms with van der Waals surface area (Å²) in [6, 6.07) is 0. The fourth-order valence-electron chi connectivity index (χ4n) is 0.534. The van der Waals surface area contributed by atoms with Gasteiger partial charge in [0.05, 0.1) is 7.11 Å². The van der Waals surface area contributed by atoms with Crippen LogP contribution in [-0.4, -0.2) is 34.2 Å². The maximum absolute atomic E-state index is 11.8. The first kappa shape index (κ1) is 14.9. The highest BCUT2D eigenvalue weighted by Gasteiger charge is 2.46. The van der Waals surface area contributed by atoms with Gasteiger partial charge in [-0.05, 0) is 13.8 Å². The minimum absolute atomic E-state index is 0.965. The van der Waals surface area contributed by atoms with Crippen LogP contribution in [0.25, 0.3) is 0 Å². The quantitative estimate of drug-likeness (QED) is 0.700. The number of carbonyl (C=O) groups is 2. The lowest BCUT2D eigenvalue weighted by Crippen LogP contribution is -2.41. The number of hydrogen-bond acceptors (Lipinski definition) is 5. The first-order valence-corrected chi connectivity index (χ1v) is 4.90. The van der Waals surface area contributed by atoms with E-state index in [0.29, 0.717) is 0 Å². The summed E-state index contributed by atoms with van der Waals surface area (Å²) in [4.78, 5) is 21.4. The minimum atomic E-state index is -5.26. The van der Waals surface area contributed by atoms with Gasteiger partial charge in [0.15, 0.2) is 4.75 Å². The van der Waals surface area contributed by atoms with E-state index < -0.39 is 33.9 Å². The largest absolute Gasteiger partial charge is 0.492 e. The van der Waals surface area contributed by atoms with E-state index in [1.165, 1.54) is 0 Å². The average Bonchev–Trinajstić information content (AvgIpc) is 2.14. The Morgan fingerprint density at radius 1 is 1.12 bits per heavy atom. The third-order valence-corrected chi connectivity index (χ3v) is 2.78. The van der Waals surface area contributed by atoms with Crippen LogP contribution in [0, 0.1) is 0 Å². The molecule has 0 fully saturated rings. The second-order valence-electron chi connectivity index (χ2n) is 3.11. The van der Waals surface area contributed by atoms with Gasteiger partial charge in [0.2, 0.25) is 11.1 Å². The fourth-order valence-corrected chi connectivity index (χ4v) is 1.19. The van der Waals surface area contributed by atoms with Gasteiger partial charge in [-0.3, -0.25) is 4.79 Å².